The number of carbonyl (C=O) groups is 1. The van der Waals surface area contributed by atoms with Crippen molar-refractivity contribution in [3.8, 4) is 5.75 Å². The van der Waals surface area contributed by atoms with E-state index in [9.17, 15) is 9.90 Å². The molecule has 0 unspecified atom stereocenters. The van der Waals surface area contributed by atoms with Crippen molar-refractivity contribution < 1.29 is 14.6 Å². The van der Waals surface area contributed by atoms with E-state index in [1.54, 1.807) is 12.1 Å². The zero-order valence-corrected chi connectivity index (χ0v) is 12.7. The van der Waals surface area contributed by atoms with Crippen LogP contribution in [0.4, 0.5) is 0 Å². The van der Waals surface area contributed by atoms with Gasteiger partial charge >= 0.3 is 0 Å². The van der Waals surface area contributed by atoms with Crippen LogP contribution in [0.25, 0.3) is 0 Å². The molecule has 1 aromatic carbocycles. The Morgan fingerprint density at radius 1 is 1.43 bits per heavy atom. The van der Waals surface area contributed by atoms with Crippen molar-refractivity contribution in [1.29, 1.82) is 0 Å². The van der Waals surface area contributed by atoms with Crippen molar-refractivity contribution in [3.63, 3.8) is 0 Å². The lowest BCUT2D eigenvalue weighted by Gasteiger charge is -2.13. The van der Waals surface area contributed by atoms with Crippen molar-refractivity contribution in [2.75, 3.05) is 13.2 Å². The summed E-state index contributed by atoms with van der Waals surface area (Å²) in [6.45, 7) is 0.846. The van der Waals surface area contributed by atoms with Crippen molar-refractivity contribution >= 4 is 28.8 Å². The minimum atomic E-state index is -0.740. The second-order valence-electron chi connectivity index (χ2n) is 4.80. The summed E-state index contributed by atoms with van der Waals surface area (Å²) in [5.41, 5.74) is 1.88. The third-order valence-electron chi connectivity index (χ3n) is 3.35. The van der Waals surface area contributed by atoms with E-state index in [1.165, 1.54) is 11.3 Å². The van der Waals surface area contributed by atoms with Crippen LogP contribution in [0, 0.1) is 0 Å². The zero-order valence-electron chi connectivity index (χ0n) is 11.1. The van der Waals surface area contributed by atoms with Crippen LogP contribution in [0.2, 0.25) is 4.34 Å². The van der Waals surface area contributed by atoms with E-state index in [4.69, 9.17) is 16.3 Å². The monoisotopic (exact) mass is 323 g/mol. The number of hydrogen-bond donors (Lipinski definition) is 2. The van der Waals surface area contributed by atoms with Crippen molar-refractivity contribution in [3.05, 3.63) is 50.7 Å². The molecule has 21 heavy (non-hydrogen) atoms. The lowest BCUT2D eigenvalue weighted by molar-refractivity contribution is 0.0920. The summed E-state index contributed by atoms with van der Waals surface area (Å²) in [5, 5.41) is 12.9. The number of halogens is 1. The highest BCUT2D eigenvalue weighted by Gasteiger charge is 2.16. The van der Waals surface area contributed by atoms with Gasteiger partial charge in [0.1, 0.15) is 5.75 Å². The predicted octanol–water partition coefficient (Wildman–Crippen LogP) is 2.80. The quantitative estimate of drug-likeness (QED) is 0.909. The van der Waals surface area contributed by atoms with Gasteiger partial charge in [0.05, 0.1) is 21.9 Å². The van der Waals surface area contributed by atoms with Gasteiger partial charge in [-0.25, -0.2) is 0 Å². The second-order valence-corrected chi connectivity index (χ2v) is 6.51. The Bertz CT molecular complexity index is 671. The van der Waals surface area contributed by atoms with Crippen LogP contribution < -0.4 is 10.1 Å². The molecular weight excluding hydrogens is 310 g/mol. The molecule has 0 fully saturated rings. The molecule has 1 aliphatic heterocycles. The molecule has 1 amide bonds. The molecular formula is C15H14ClNO3S. The SMILES string of the molecule is O=C(NC[C@@H](O)c1ccc2c(c1)CCO2)c1ccc(Cl)s1. The minimum Gasteiger partial charge on any atom is -0.493 e. The number of aliphatic hydroxyl groups excluding tert-OH is 1. The average Bonchev–Trinajstić information content (AvgIpc) is 3.12. The van der Waals surface area contributed by atoms with E-state index in [-0.39, 0.29) is 12.5 Å². The Labute approximate surface area is 131 Å². The van der Waals surface area contributed by atoms with Gasteiger partial charge in [0.15, 0.2) is 0 Å². The average molecular weight is 324 g/mol. The van der Waals surface area contributed by atoms with Crippen LogP contribution >= 0.6 is 22.9 Å². The van der Waals surface area contributed by atoms with Crippen LogP contribution in [0.5, 0.6) is 5.75 Å². The van der Waals surface area contributed by atoms with E-state index in [1.807, 2.05) is 18.2 Å². The summed E-state index contributed by atoms with van der Waals surface area (Å²) in [7, 11) is 0. The highest BCUT2D eigenvalue weighted by Crippen LogP contribution is 2.28. The number of thiophene rings is 1. The maximum atomic E-state index is 11.9. The fraction of sp³-hybridized carbons (Fsp3) is 0.267. The Morgan fingerprint density at radius 2 is 2.29 bits per heavy atom. The normalized spacial score (nSPS) is 14.4. The highest BCUT2D eigenvalue weighted by atomic mass is 35.5. The standard InChI is InChI=1S/C15H14ClNO3S/c16-14-4-3-13(21-14)15(19)17-8-11(18)9-1-2-12-10(7-9)5-6-20-12/h1-4,7,11,18H,5-6,8H2,(H,17,19)/t11-/m1/s1. The summed E-state index contributed by atoms with van der Waals surface area (Å²) >= 11 is 7.01. The van der Waals surface area contributed by atoms with Gasteiger partial charge in [-0.05, 0) is 35.4 Å². The van der Waals surface area contributed by atoms with E-state index in [2.05, 4.69) is 5.32 Å². The molecule has 0 radical (unpaired) electrons. The van der Waals surface area contributed by atoms with Gasteiger partial charge in [-0.1, -0.05) is 17.7 Å². The molecule has 2 aromatic rings. The number of carbonyl (C=O) groups excluding carboxylic acids is 1. The van der Waals surface area contributed by atoms with E-state index >= 15 is 0 Å². The van der Waals surface area contributed by atoms with E-state index in [0.29, 0.717) is 15.8 Å². The Morgan fingerprint density at radius 3 is 3.05 bits per heavy atom. The minimum absolute atomic E-state index is 0.161. The number of aliphatic hydroxyl groups is 1. The highest BCUT2D eigenvalue weighted by molar-refractivity contribution is 7.17. The lowest BCUT2D eigenvalue weighted by Crippen LogP contribution is -2.27. The summed E-state index contributed by atoms with van der Waals surface area (Å²) in [4.78, 5) is 12.4. The molecule has 0 saturated carbocycles. The summed E-state index contributed by atoms with van der Waals surface area (Å²) in [6.07, 6.45) is 0.117. The Hall–Kier alpha value is -1.56. The largest absolute Gasteiger partial charge is 0.493 e. The molecule has 1 aliphatic rings. The van der Waals surface area contributed by atoms with Gasteiger partial charge in [0.2, 0.25) is 0 Å². The van der Waals surface area contributed by atoms with Crippen LogP contribution in [0.1, 0.15) is 26.9 Å². The molecule has 1 atom stereocenters. The third-order valence-corrected chi connectivity index (χ3v) is 4.58. The predicted molar refractivity (Wildman–Crippen MR) is 82.3 cm³/mol. The number of ether oxygens (including phenoxy) is 1. The number of hydrogen-bond acceptors (Lipinski definition) is 4. The zero-order chi connectivity index (χ0) is 14.8. The summed E-state index contributed by atoms with van der Waals surface area (Å²) in [6, 6.07) is 8.96. The maximum absolute atomic E-state index is 11.9. The second kappa shape index (κ2) is 6.05. The topological polar surface area (TPSA) is 58.6 Å². The molecule has 1 aromatic heterocycles. The van der Waals surface area contributed by atoms with Gasteiger partial charge in [0.25, 0.3) is 5.91 Å². The fourth-order valence-corrected chi connectivity index (χ4v) is 3.20. The molecule has 0 spiro atoms. The van der Waals surface area contributed by atoms with Crippen molar-refractivity contribution in [2.24, 2.45) is 0 Å². The third kappa shape index (κ3) is 3.20. The van der Waals surface area contributed by atoms with Gasteiger partial charge in [-0.2, -0.15) is 0 Å². The summed E-state index contributed by atoms with van der Waals surface area (Å²) < 4.78 is 6.00. The Kier molecular flexibility index (Phi) is 4.14. The number of fused-ring (bicyclic) bond motifs is 1. The Balaban J connectivity index is 1.61. The van der Waals surface area contributed by atoms with Crippen molar-refractivity contribution in [2.45, 2.75) is 12.5 Å². The van der Waals surface area contributed by atoms with Crippen LogP contribution in [-0.2, 0) is 6.42 Å². The molecule has 0 aliphatic carbocycles. The van der Waals surface area contributed by atoms with Crippen LogP contribution in [0.3, 0.4) is 0 Å². The van der Waals surface area contributed by atoms with Gasteiger partial charge in [-0.3, -0.25) is 4.79 Å². The molecule has 6 heteroatoms. The molecule has 0 saturated heterocycles. The lowest BCUT2D eigenvalue weighted by atomic mass is 10.0. The molecule has 2 N–H and O–H groups in total. The molecule has 110 valence electrons. The van der Waals surface area contributed by atoms with Gasteiger partial charge in [0, 0.05) is 13.0 Å². The first kappa shape index (κ1) is 14.4. The first-order chi connectivity index (χ1) is 10.1. The molecule has 4 nitrogen and oxygen atoms in total. The van der Waals surface area contributed by atoms with E-state index in [0.717, 1.165) is 23.3 Å². The van der Waals surface area contributed by atoms with Gasteiger partial charge in [-0.15, -0.1) is 11.3 Å². The molecule has 0 bridgehead atoms. The van der Waals surface area contributed by atoms with Crippen LogP contribution in [-0.4, -0.2) is 24.2 Å². The van der Waals surface area contributed by atoms with E-state index < -0.39 is 6.10 Å². The number of amides is 1. The number of nitrogens with one attached hydrogen (secondary N) is 1. The first-order valence-corrected chi connectivity index (χ1v) is 7.80. The number of benzene rings is 1. The first-order valence-electron chi connectivity index (χ1n) is 6.61. The summed E-state index contributed by atoms with van der Waals surface area (Å²) in [5.74, 6) is 0.652. The van der Waals surface area contributed by atoms with Crippen molar-refractivity contribution in [1.82, 2.24) is 5.32 Å². The molecule has 3 rings (SSSR count). The smallest absolute Gasteiger partial charge is 0.261 e. The maximum Gasteiger partial charge on any atom is 0.261 e. The molecule has 2 heterocycles. The number of rotatable bonds is 4. The fourth-order valence-electron chi connectivity index (χ4n) is 2.24. The van der Waals surface area contributed by atoms with Gasteiger partial charge < -0.3 is 15.2 Å². The van der Waals surface area contributed by atoms with Crippen LogP contribution in [0.15, 0.2) is 30.3 Å².